The van der Waals surface area contributed by atoms with Crippen molar-refractivity contribution in [2.75, 3.05) is 24.2 Å². The van der Waals surface area contributed by atoms with Gasteiger partial charge in [0.2, 0.25) is 5.91 Å². The van der Waals surface area contributed by atoms with Crippen molar-refractivity contribution in [1.29, 1.82) is 0 Å². The number of para-hydroxylation sites is 1. The zero-order chi connectivity index (χ0) is 19.8. The molecular formula is C21H23FN2O3S. The zero-order valence-electron chi connectivity index (χ0n) is 15.4. The Morgan fingerprint density at radius 3 is 2.68 bits per heavy atom. The number of hydrogen-bond acceptors (Lipinski definition) is 4. The van der Waals surface area contributed by atoms with Gasteiger partial charge >= 0.3 is 0 Å². The van der Waals surface area contributed by atoms with Crippen molar-refractivity contribution in [1.82, 2.24) is 5.32 Å². The van der Waals surface area contributed by atoms with Crippen LogP contribution >= 0.6 is 11.8 Å². The summed E-state index contributed by atoms with van der Waals surface area (Å²) in [6.07, 6.45) is 2.03. The van der Waals surface area contributed by atoms with Crippen LogP contribution in [0.15, 0.2) is 48.5 Å². The van der Waals surface area contributed by atoms with Gasteiger partial charge in [0.1, 0.15) is 5.82 Å². The van der Waals surface area contributed by atoms with Crippen LogP contribution in [0, 0.1) is 5.82 Å². The number of amides is 2. The Bertz CT molecular complexity index is 808. The highest BCUT2D eigenvalue weighted by Crippen LogP contribution is 2.18. The van der Waals surface area contributed by atoms with E-state index in [1.54, 1.807) is 36.4 Å². The van der Waals surface area contributed by atoms with Crippen molar-refractivity contribution in [3.8, 4) is 0 Å². The van der Waals surface area contributed by atoms with Crippen LogP contribution < -0.4 is 10.6 Å². The highest BCUT2D eigenvalue weighted by Gasteiger charge is 2.18. The van der Waals surface area contributed by atoms with Gasteiger partial charge in [0, 0.05) is 18.9 Å². The molecule has 148 valence electrons. The van der Waals surface area contributed by atoms with Crippen LogP contribution in [0.4, 0.5) is 10.1 Å². The first-order valence-electron chi connectivity index (χ1n) is 9.22. The molecular weight excluding hydrogens is 379 g/mol. The number of carbonyl (C=O) groups excluding carboxylic acids is 2. The molecule has 1 atom stereocenters. The molecule has 28 heavy (non-hydrogen) atoms. The molecule has 0 unspecified atom stereocenters. The first kappa shape index (κ1) is 20.4. The summed E-state index contributed by atoms with van der Waals surface area (Å²) in [7, 11) is 0. The third-order valence-electron chi connectivity index (χ3n) is 4.38. The fraction of sp³-hybridized carbons (Fsp3) is 0.333. The van der Waals surface area contributed by atoms with Gasteiger partial charge in [-0.05, 0) is 42.7 Å². The lowest BCUT2D eigenvalue weighted by molar-refractivity contribution is -0.113. The van der Waals surface area contributed by atoms with Gasteiger partial charge in [0.25, 0.3) is 5.91 Å². The van der Waals surface area contributed by atoms with E-state index in [0.717, 1.165) is 25.0 Å². The molecule has 2 N–H and O–H groups in total. The molecule has 0 aromatic heterocycles. The minimum absolute atomic E-state index is 0.0635. The quantitative estimate of drug-likeness (QED) is 0.708. The average Bonchev–Trinajstić information content (AvgIpc) is 3.22. The van der Waals surface area contributed by atoms with E-state index in [2.05, 4.69) is 10.6 Å². The predicted molar refractivity (Wildman–Crippen MR) is 109 cm³/mol. The highest BCUT2D eigenvalue weighted by molar-refractivity contribution is 7.99. The maximum atomic E-state index is 12.9. The Balaban J connectivity index is 1.49. The molecule has 1 aliphatic rings. The van der Waals surface area contributed by atoms with Gasteiger partial charge in [0.05, 0.1) is 23.1 Å². The van der Waals surface area contributed by atoms with E-state index in [0.29, 0.717) is 23.5 Å². The maximum Gasteiger partial charge on any atom is 0.253 e. The molecule has 0 aliphatic carbocycles. The average molecular weight is 402 g/mol. The number of rotatable bonds is 8. The van der Waals surface area contributed by atoms with E-state index >= 15 is 0 Å². The van der Waals surface area contributed by atoms with Gasteiger partial charge in [-0.25, -0.2) is 4.39 Å². The van der Waals surface area contributed by atoms with Crippen molar-refractivity contribution in [2.24, 2.45) is 0 Å². The SMILES string of the molecule is O=C(CSCc1ccc(F)cc1)Nc1ccccc1C(=O)NC[C@H]1CCCO1. The molecule has 0 spiro atoms. The molecule has 0 bridgehead atoms. The molecule has 1 fully saturated rings. The third kappa shape index (κ3) is 6.07. The summed E-state index contributed by atoms with van der Waals surface area (Å²) >= 11 is 1.43. The number of thioether (sulfide) groups is 1. The molecule has 2 aromatic rings. The number of ether oxygens (including phenoxy) is 1. The van der Waals surface area contributed by atoms with Crippen LogP contribution in [0.2, 0.25) is 0 Å². The smallest absolute Gasteiger partial charge is 0.253 e. The number of anilines is 1. The van der Waals surface area contributed by atoms with Crippen molar-refractivity contribution < 1.29 is 18.7 Å². The molecule has 0 radical (unpaired) electrons. The molecule has 1 aliphatic heterocycles. The maximum absolute atomic E-state index is 12.9. The lowest BCUT2D eigenvalue weighted by Crippen LogP contribution is -2.32. The molecule has 1 heterocycles. The van der Waals surface area contributed by atoms with Crippen LogP contribution in [0.3, 0.4) is 0 Å². The Kier molecular flexibility index (Phi) is 7.45. The number of benzene rings is 2. The number of halogens is 1. The van der Waals surface area contributed by atoms with E-state index in [4.69, 9.17) is 4.74 Å². The summed E-state index contributed by atoms with van der Waals surface area (Å²) in [6.45, 7) is 1.21. The van der Waals surface area contributed by atoms with Crippen LogP contribution in [-0.4, -0.2) is 36.8 Å². The number of hydrogen-bond donors (Lipinski definition) is 2. The molecule has 7 heteroatoms. The fourth-order valence-electron chi connectivity index (χ4n) is 2.93. The van der Waals surface area contributed by atoms with Gasteiger partial charge < -0.3 is 15.4 Å². The summed E-state index contributed by atoms with van der Waals surface area (Å²) < 4.78 is 18.4. The van der Waals surface area contributed by atoms with Crippen LogP contribution in [-0.2, 0) is 15.3 Å². The number of carbonyl (C=O) groups is 2. The lowest BCUT2D eigenvalue weighted by Gasteiger charge is -2.13. The Morgan fingerprint density at radius 2 is 1.93 bits per heavy atom. The Hall–Kier alpha value is -2.38. The standard InChI is InChI=1S/C21H23FN2O3S/c22-16-9-7-15(8-10-16)13-28-14-20(25)24-19-6-2-1-5-18(19)21(26)23-12-17-4-3-11-27-17/h1-2,5-10,17H,3-4,11-14H2,(H,23,26)(H,24,25)/t17-/m1/s1. The monoisotopic (exact) mass is 402 g/mol. The second kappa shape index (κ2) is 10.2. The molecule has 2 amide bonds. The van der Waals surface area contributed by atoms with Crippen LogP contribution in [0.25, 0.3) is 0 Å². The van der Waals surface area contributed by atoms with Crippen LogP contribution in [0.1, 0.15) is 28.8 Å². The fourth-order valence-corrected chi connectivity index (χ4v) is 3.71. The summed E-state index contributed by atoms with van der Waals surface area (Å²) in [5, 5.41) is 5.68. The first-order chi connectivity index (χ1) is 13.6. The molecule has 2 aromatic carbocycles. The van der Waals surface area contributed by atoms with E-state index < -0.39 is 0 Å². The third-order valence-corrected chi connectivity index (χ3v) is 5.38. The molecule has 3 rings (SSSR count). The Labute approximate surface area is 168 Å². The summed E-state index contributed by atoms with van der Waals surface area (Å²) in [6, 6.07) is 13.2. The van der Waals surface area contributed by atoms with Gasteiger partial charge in [-0.15, -0.1) is 11.8 Å². The van der Waals surface area contributed by atoms with Crippen molar-refractivity contribution in [3.05, 3.63) is 65.5 Å². The van der Waals surface area contributed by atoms with Crippen molar-refractivity contribution >= 4 is 29.3 Å². The van der Waals surface area contributed by atoms with Crippen molar-refractivity contribution in [2.45, 2.75) is 24.7 Å². The second-order valence-corrected chi connectivity index (χ2v) is 7.54. The molecule has 5 nitrogen and oxygen atoms in total. The van der Waals surface area contributed by atoms with E-state index in [1.165, 1.54) is 23.9 Å². The van der Waals surface area contributed by atoms with Gasteiger partial charge in [-0.3, -0.25) is 9.59 Å². The summed E-state index contributed by atoms with van der Waals surface area (Å²) in [5.74, 6) is 0.151. The lowest BCUT2D eigenvalue weighted by atomic mass is 10.1. The summed E-state index contributed by atoms with van der Waals surface area (Å²) in [5.41, 5.74) is 1.87. The first-order valence-corrected chi connectivity index (χ1v) is 10.4. The van der Waals surface area contributed by atoms with Gasteiger partial charge in [-0.2, -0.15) is 0 Å². The minimum Gasteiger partial charge on any atom is -0.376 e. The topological polar surface area (TPSA) is 67.4 Å². The van der Waals surface area contributed by atoms with Crippen LogP contribution in [0.5, 0.6) is 0 Å². The second-order valence-electron chi connectivity index (χ2n) is 6.56. The van der Waals surface area contributed by atoms with E-state index in [-0.39, 0.29) is 29.5 Å². The predicted octanol–water partition coefficient (Wildman–Crippen LogP) is 3.61. The normalized spacial score (nSPS) is 16.0. The Morgan fingerprint density at radius 1 is 1.14 bits per heavy atom. The summed E-state index contributed by atoms with van der Waals surface area (Å²) in [4.78, 5) is 24.7. The molecule has 0 saturated carbocycles. The van der Waals surface area contributed by atoms with Gasteiger partial charge in [-0.1, -0.05) is 24.3 Å². The minimum atomic E-state index is -0.277. The van der Waals surface area contributed by atoms with Crippen molar-refractivity contribution in [3.63, 3.8) is 0 Å². The van der Waals surface area contributed by atoms with E-state index in [9.17, 15) is 14.0 Å². The van der Waals surface area contributed by atoms with E-state index in [1.807, 2.05) is 0 Å². The largest absolute Gasteiger partial charge is 0.376 e. The molecule has 1 saturated heterocycles. The zero-order valence-corrected chi connectivity index (χ0v) is 16.3. The number of nitrogens with one attached hydrogen (secondary N) is 2. The van der Waals surface area contributed by atoms with Gasteiger partial charge in [0.15, 0.2) is 0 Å². The highest BCUT2D eigenvalue weighted by atomic mass is 32.2.